The van der Waals surface area contributed by atoms with Crippen molar-refractivity contribution in [3.05, 3.63) is 29.8 Å². The monoisotopic (exact) mass is 472 g/mol. The van der Waals surface area contributed by atoms with Crippen molar-refractivity contribution >= 4 is 29.4 Å². The lowest BCUT2D eigenvalue weighted by Gasteiger charge is -2.33. The van der Waals surface area contributed by atoms with E-state index in [1.807, 2.05) is 6.92 Å². The smallest absolute Gasteiger partial charge is 0.307 e. The molecule has 3 N–H and O–H groups in total. The van der Waals surface area contributed by atoms with E-state index in [0.717, 1.165) is 38.5 Å². The molecular formula is C25H36N4O5. The van der Waals surface area contributed by atoms with Gasteiger partial charge >= 0.3 is 5.97 Å². The standard InChI is InChI=1S/C25H36N4O5/c1-2-3-15-34-23(31)16-21-25(33)26-13-14-29(21)17-22(30)27-20-11-9-18(10-12-20)24(32)28-19-7-5-4-6-8-19/h9-12,19,21H,2-8,13-17H2,1H3,(H,26,33)(H,27,30)(H,28,32). The second-order valence-electron chi connectivity index (χ2n) is 8.99. The van der Waals surface area contributed by atoms with Gasteiger partial charge in [-0.15, -0.1) is 0 Å². The zero-order valence-corrected chi connectivity index (χ0v) is 19.9. The summed E-state index contributed by atoms with van der Waals surface area (Å²) >= 11 is 0. The van der Waals surface area contributed by atoms with Gasteiger partial charge in [-0.05, 0) is 43.5 Å². The summed E-state index contributed by atoms with van der Waals surface area (Å²) in [5.41, 5.74) is 1.12. The van der Waals surface area contributed by atoms with Gasteiger partial charge < -0.3 is 20.7 Å². The first-order valence-electron chi connectivity index (χ1n) is 12.3. The lowest BCUT2D eigenvalue weighted by atomic mass is 9.95. The highest BCUT2D eigenvalue weighted by Crippen LogP contribution is 2.18. The maximum atomic E-state index is 12.6. The van der Waals surface area contributed by atoms with Crippen LogP contribution in [0, 0.1) is 0 Å². The van der Waals surface area contributed by atoms with Gasteiger partial charge in [0.2, 0.25) is 11.8 Å². The molecular weight excluding hydrogens is 436 g/mol. The molecule has 1 unspecified atom stereocenters. The predicted octanol–water partition coefficient (Wildman–Crippen LogP) is 2.22. The van der Waals surface area contributed by atoms with E-state index in [2.05, 4.69) is 16.0 Å². The van der Waals surface area contributed by atoms with Crippen LogP contribution in [-0.4, -0.2) is 66.9 Å². The van der Waals surface area contributed by atoms with Crippen LogP contribution in [0.3, 0.4) is 0 Å². The van der Waals surface area contributed by atoms with Crippen LogP contribution in [0.5, 0.6) is 0 Å². The Labute approximate surface area is 201 Å². The van der Waals surface area contributed by atoms with Crippen molar-refractivity contribution in [1.29, 1.82) is 0 Å². The van der Waals surface area contributed by atoms with Crippen molar-refractivity contribution in [3.8, 4) is 0 Å². The Bertz CT molecular complexity index is 851. The number of nitrogens with one attached hydrogen (secondary N) is 3. The topological polar surface area (TPSA) is 117 Å². The van der Waals surface area contributed by atoms with Gasteiger partial charge in [-0.2, -0.15) is 0 Å². The lowest BCUT2D eigenvalue weighted by molar-refractivity contribution is -0.149. The Hall–Kier alpha value is -2.94. The average Bonchev–Trinajstić information content (AvgIpc) is 2.82. The quantitative estimate of drug-likeness (QED) is 0.355. The second kappa shape index (κ2) is 13.1. The maximum Gasteiger partial charge on any atom is 0.307 e. The second-order valence-corrected chi connectivity index (χ2v) is 8.99. The van der Waals surface area contributed by atoms with Gasteiger partial charge in [0.15, 0.2) is 0 Å². The molecule has 0 radical (unpaired) electrons. The summed E-state index contributed by atoms with van der Waals surface area (Å²) in [6.07, 6.45) is 7.16. The summed E-state index contributed by atoms with van der Waals surface area (Å²) in [6.45, 7) is 3.19. The van der Waals surface area contributed by atoms with Crippen molar-refractivity contribution in [1.82, 2.24) is 15.5 Å². The fourth-order valence-electron chi connectivity index (χ4n) is 4.33. The summed E-state index contributed by atoms with van der Waals surface area (Å²) in [4.78, 5) is 51.2. The normalized spacial score (nSPS) is 19.2. The number of nitrogens with zero attached hydrogens (tertiary/aromatic N) is 1. The van der Waals surface area contributed by atoms with Crippen LogP contribution in [0.1, 0.15) is 68.6 Å². The van der Waals surface area contributed by atoms with E-state index in [0.29, 0.717) is 30.9 Å². The molecule has 0 spiro atoms. The third-order valence-electron chi connectivity index (χ3n) is 6.28. The zero-order chi connectivity index (χ0) is 24.3. The van der Waals surface area contributed by atoms with Gasteiger partial charge in [0, 0.05) is 30.4 Å². The number of amides is 3. The fraction of sp³-hybridized carbons (Fsp3) is 0.600. The third kappa shape index (κ3) is 7.83. The van der Waals surface area contributed by atoms with Gasteiger partial charge in [-0.3, -0.25) is 24.1 Å². The number of anilines is 1. The minimum absolute atomic E-state index is 0.0236. The number of esters is 1. The average molecular weight is 473 g/mol. The molecule has 1 saturated carbocycles. The lowest BCUT2D eigenvalue weighted by Crippen LogP contribution is -2.57. The van der Waals surface area contributed by atoms with Gasteiger partial charge in [0.25, 0.3) is 5.91 Å². The predicted molar refractivity (Wildman–Crippen MR) is 128 cm³/mol. The summed E-state index contributed by atoms with van der Waals surface area (Å²) < 4.78 is 5.18. The maximum absolute atomic E-state index is 12.6. The van der Waals surface area contributed by atoms with E-state index in [4.69, 9.17) is 4.74 Å². The van der Waals surface area contributed by atoms with Crippen LogP contribution in [0.25, 0.3) is 0 Å². The molecule has 1 aliphatic carbocycles. The van der Waals surface area contributed by atoms with E-state index >= 15 is 0 Å². The third-order valence-corrected chi connectivity index (χ3v) is 6.28. The Balaban J connectivity index is 1.50. The van der Waals surface area contributed by atoms with Crippen molar-refractivity contribution in [2.45, 2.75) is 70.4 Å². The number of hydrogen-bond donors (Lipinski definition) is 3. The highest BCUT2D eigenvalue weighted by molar-refractivity contribution is 5.96. The van der Waals surface area contributed by atoms with E-state index in [-0.39, 0.29) is 36.7 Å². The Morgan fingerprint density at radius 3 is 2.56 bits per heavy atom. The van der Waals surface area contributed by atoms with Crippen molar-refractivity contribution in [2.75, 3.05) is 31.6 Å². The number of carbonyl (C=O) groups excluding carboxylic acids is 4. The van der Waals surface area contributed by atoms with Crippen LogP contribution >= 0.6 is 0 Å². The molecule has 3 rings (SSSR count). The molecule has 1 aliphatic heterocycles. The molecule has 1 aromatic rings. The molecule has 0 aromatic heterocycles. The summed E-state index contributed by atoms with van der Waals surface area (Å²) in [7, 11) is 0. The Morgan fingerprint density at radius 2 is 1.85 bits per heavy atom. The molecule has 1 heterocycles. The minimum atomic E-state index is -0.737. The van der Waals surface area contributed by atoms with E-state index in [1.54, 1.807) is 29.2 Å². The minimum Gasteiger partial charge on any atom is -0.466 e. The Kier molecular flexibility index (Phi) is 9.88. The molecule has 1 atom stereocenters. The number of benzene rings is 1. The molecule has 2 fully saturated rings. The number of carbonyl (C=O) groups is 4. The summed E-state index contributed by atoms with van der Waals surface area (Å²) in [6, 6.07) is 6.27. The number of ether oxygens (including phenoxy) is 1. The SMILES string of the molecule is CCCCOC(=O)CC1C(=O)NCCN1CC(=O)Nc1ccc(C(=O)NC2CCCCC2)cc1. The van der Waals surface area contributed by atoms with Gasteiger partial charge in [-0.1, -0.05) is 32.6 Å². The molecule has 2 aliphatic rings. The summed E-state index contributed by atoms with van der Waals surface area (Å²) in [5, 5.41) is 8.63. The fourth-order valence-corrected chi connectivity index (χ4v) is 4.33. The van der Waals surface area contributed by atoms with E-state index in [1.165, 1.54) is 6.42 Å². The highest BCUT2D eigenvalue weighted by Gasteiger charge is 2.33. The number of piperazine rings is 1. The van der Waals surface area contributed by atoms with Crippen LogP contribution in [0.4, 0.5) is 5.69 Å². The molecule has 3 amide bonds. The molecule has 1 saturated heterocycles. The number of rotatable bonds is 10. The molecule has 9 nitrogen and oxygen atoms in total. The number of unbranched alkanes of at least 4 members (excludes halogenated alkanes) is 1. The first kappa shape index (κ1) is 25.7. The van der Waals surface area contributed by atoms with Gasteiger partial charge in [0.05, 0.1) is 19.6 Å². The van der Waals surface area contributed by atoms with Crippen LogP contribution in [0.15, 0.2) is 24.3 Å². The molecule has 1 aromatic carbocycles. The van der Waals surface area contributed by atoms with E-state index in [9.17, 15) is 19.2 Å². The van der Waals surface area contributed by atoms with Gasteiger partial charge in [0.1, 0.15) is 6.04 Å². The molecule has 34 heavy (non-hydrogen) atoms. The number of hydrogen-bond acceptors (Lipinski definition) is 6. The van der Waals surface area contributed by atoms with Crippen LogP contribution in [-0.2, 0) is 19.1 Å². The van der Waals surface area contributed by atoms with Crippen molar-refractivity contribution < 1.29 is 23.9 Å². The van der Waals surface area contributed by atoms with Crippen molar-refractivity contribution in [2.24, 2.45) is 0 Å². The largest absolute Gasteiger partial charge is 0.466 e. The zero-order valence-electron chi connectivity index (χ0n) is 19.9. The highest BCUT2D eigenvalue weighted by atomic mass is 16.5. The molecule has 9 heteroatoms. The first-order valence-corrected chi connectivity index (χ1v) is 12.3. The van der Waals surface area contributed by atoms with Crippen LogP contribution < -0.4 is 16.0 Å². The van der Waals surface area contributed by atoms with Gasteiger partial charge in [-0.25, -0.2) is 0 Å². The molecule has 0 bridgehead atoms. The Morgan fingerprint density at radius 1 is 1.12 bits per heavy atom. The first-order chi connectivity index (χ1) is 16.5. The van der Waals surface area contributed by atoms with Crippen molar-refractivity contribution in [3.63, 3.8) is 0 Å². The molecule has 186 valence electrons. The van der Waals surface area contributed by atoms with E-state index < -0.39 is 12.0 Å². The van der Waals surface area contributed by atoms with Crippen LogP contribution in [0.2, 0.25) is 0 Å². The summed E-state index contributed by atoms with van der Waals surface area (Å²) in [5.74, 6) is -1.11.